The molecule has 0 amide bonds. The zero-order valence-corrected chi connectivity index (χ0v) is 11.0. The highest BCUT2D eigenvalue weighted by Gasteiger charge is 2.43. The molecule has 1 aromatic carbocycles. The molecule has 0 saturated heterocycles. The molecule has 92 valence electrons. The number of rotatable bonds is 4. The fraction of sp³-hybridized carbons (Fsp3) is 0.462. The first-order valence-corrected chi connectivity index (χ1v) is 6.42. The minimum atomic E-state index is -0.676. The van der Waals surface area contributed by atoms with Gasteiger partial charge in [-0.05, 0) is 42.4 Å². The second-order valence-electron chi connectivity index (χ2n) is 4.74. The summed E-state index contributed by atoms with van der Waals surface area (Å²) in [5, 5.41) is 10.1. The molecule has 1 aliphatic rings. The molecule has 1 fully saturated rings. The van der Waals surface area contributed by atoms with Crippen molar-refractivity contribution in [3.05, 3.63) is 33.8 Å². The van der Waals surface area contributed by atoms with E-state index in [0.717, 1.165) is 18.4 Å². The Hall–Kier alpha value is -0.730. The maximum absolute atomic E-state index is 10.8. The van der Waals surface area contributed by atoms with Gasteiger partial charge in [0.2, 0.25) is 0 Å². The Bertz CT molecular complexity index is 445. The molecule has 3 unspecified atom stereocenters. The molecule has 1 aliphatic carbocycles. The van der Waals surface area contributed by atoms with E-state index in [9.17, 15) is 4.79 Å². The lowest BCUT2D eigenvalue weighted by Gasteiger charge is -2.13. The molecule has 2 rings (SSSR count). The Kier molecular flexibility index (Phi) is 3.64. The number of halogens is 2. The first kappa shape index (κ1) is 12.7. The molecule has 2 nitrogen and oxygen atoms in total. The van der Waals surface area contributed by atoms with Crippen molar-refractivity contribution < 1.29 is 9.90 Å². The van der Waals surface area contributed by atoms with Crippen LogP contribution in [0, 0.1) is 11.8 Å². The highest BCUT2D eigenvalue weighted by atomic mass is 35.5. The SMILES string of the molecule is CC(CC1CC1C(=O)O)c1ccc(Cl)cc1Cl. The van der Waals surface area contributed by atoms with Crippen molar-refractivity contribution in [2.75, 3.05) is 0 Å². The van der Waals surface area contributed by atoms with E-state index in [4.69, 9.17) is 28.3 Å². The molecule has 4 heteroatoms. The van der Waals surface area contributed by atoms with Crippen LogP contribution in [0.1, 0.15) is 31.2 Å². The van der Waals surface area contributed by atoms with Crippen LogP contribution in [0.15, 0.2) is 18.2 Å². The number of aliphatic carboxylic acids is 1. The standard InChI is InChI=1S/C13H14Cl2O2/c1-7(4-8-5-11(8)13(16)17)10-3-2-9(14)6-12(10)15/h2-3,6-8,11H,4-5H2,1H3,(H,16,17). The predicted octanol–water partition coefficient (Wildman–Crippen LogP) is 4.21. The average Bonchev–Trinajstić information content (AvgIpc) is 2.96. The molecule has 1 N–H and O–H groups in total. The van der Waals surface area contributed by atoms with E-state index in [1.165, 1.54) is 0 Å². The Morgan fingerprint density at radius 3 is 2.76 bits per heavy atom. The monoisotopic (exact) mass is 272 g/mol. The van der Waals surface area contributed by atoms with Crippen molar-refractivity contribution in [1.82, 2.24) is 0 Å². The topological polar surface area (TPSA) is 37.3 Å². The second-order valence-corrected chi connectivity index (χ2v) is 5.59. The van der Waals surface area contributed by atoms with E-state index in [-0.39, 0.29) is 11.8 Å². The highest BCUT2D eigenvalue weighted by molar-refractivity contribution is 6.35. The normalized spacial score (nSPS) is 24.4. The van der Waals surface area contributed by atoms with Gasteiger partial charge in [0.25, 0.3) is 0 Å². The fourth-order valence-electron chi connectivity index (χ4n) is 2.29. The lowest BCUT2D eigenvalue weighted by molar-refractivity contribution is -0.138. The van der Waals surface area contributed by atoms with E-state index >= 15 is 0 Å². The number of carboxylic acids is 1. The van der Waals surface area contributed by atoms with Crippen LogP contribution >= 0.6 is 23.2 Å². The van der Waals surface area contributed by atoms with E-state index < -0.39 is 5.97 Å². The average molecular weight is 273 g/mol. The summed E-state index contributed by atoms with van der Waals surface area (Å²) in [7, 11) is 0. The van der Waals surface area contributed by atoms with Crippen molar-refractivity contribution in [3.63, 3.8) is 0 Å². The zero-order chi connectivity index (χ0) is 12.6. The lowest BCUT2D eigenvalue weighted by Crippen LogP contribution is -2.02. The van der Waals surface area contributed by atoms with Crippen LogP contribution < -0.4 is 0 Å². The molecular weight excluding hydrogens is 259 g/mol. The molecule has 0 radical (unpaired) electrons. The van der Waals surface area contributed by atoms with Crippen LogP contribution in [-0.4, -0.2) is 11.1 Å². The first-order chi connectivity index (χ1) is 7.99. The Morgan fingerprint density at radius 2 is 2.24 bits per heavy atom. The third kappa shape index (κ3) is 2.93. The Balaban J connectivity index is 2.01. The summed E-state index contributed by atoms with van der Waals surface area (Å²) < 4.78 is 0. The van der Waals surface area contributed by atoms with Crippen LogP contribution in [0.3, 0.4) is 0 Å². The number of carboxylic acid groups (broad SMARTS) is 1. The van der Waals surface area contributed by atoms with Crippen LogP contribution in [0.2, 0.25) is 10.0 Å². The van der Waals surface area contributed by atoms with Gasteiger partial charge < -0.3 is 5.11 Å². The molecule has 1 saturated carbocycles. The van der Waals surface area contributed by atoms with Gasteiger partial charge in [-0.25, -0.2) is 0 Å². The van der Waals surface area contributed by atoms with Crippen molar-refractivity contribution in [2.24, 2.45) is 11.8 Å². The van der Waals surface area contributed by atoms with Crippen molar-refractivity contribution in [2.45, 2.75) is 25.7 Å². The molecule has 0 heterocycles. The quantitative estimate of drug-likeness (QED) is 0.892. The summed E-state index contributed by atoms with van der Waals surface area (Å²) in [6, 6.07) is 5.48. The van der Waals surface area contributed by atoms with Gasteiger partial charge in [-0.3, -0.25) is 4.79 Å². The third-order valence-electron chi connectivity index (χ3n) is 3.39. The predicted molar refractivity (Wildman–Crippen MR) is 68.7 cm³/mol. The van der Waals surface area contributed by atoms with E-state index in [0.29, 0.717) is 16.0 Å². The molecule has 1 aromatic rings. The molecule has 3 atom stereocenters. The van der Waals surface area contributed by atoms with Gasteiger partial charge in [-0.1, -0.05) is 36.2 Å². The number of benzene rings is 1. The summed E-state index contributed by atoms with van der Waals surface area (Å²) in [5.74, 6) is -0.253. The summed E-state index contributed by atoms with van der Waals surface area (Å²) in [6.45, 7) is 2.08. The maximum Gasteiger partial charge on any atom is 0.306 e. The first-order valence-electron chi connectivity index (χ1n) is 5.66. The molecule has 17 heavy (non-hydrogen) atoms. The molecule has 0 aromatic heterocycles. The Labute approximate surface area is 111 Å². The van der Waals surface area contributed by atoms with Crippen LogP contribution in [0.5, 0.6) is 0 Å². The summed E-state index contributed by atoms with van der Waals surface area (Å²) >= 11 is 12.0. The smallest absolute Gasteiger partial charge is 0.306 e. The van der Waals surface area contributed by atoms with Gasteiger partial charge in [0.05, 0.1) is 5.92 Å². The zero-order valence-electron chi connectivity index (χ0n) is 9.49. The molecule has 0 bridgehead atoms. The van der Waals surface area contributed by atoms with Gasteiger partial charge in [0, 0.05) is 10.0 Å². The lowest BCUT2D eigenvalue weighted by atomic mass is 9.95. The van der Waals surface area contributed by atoms with E-state index in [1.54, 1.807) is 6.07 Å². The summed E-state index contributed by atoms with van der Waals surface area (Å²) in [6.07, 6.45) is 1.67. The van der Waals surface area contributed by atoms with Crippen molar-refractivity contribution in [3.8, 4) is 0 Å². The van der Waals surface area contributed by atoms with Gasteiger partial charge in [-0.15, -0.1) is 0 Å². The minimum Gasteiger partial charge on any atom is -0.481 e. The third-order valence-corrected chi connectivity index (χ3v) is 3.95. The highest BCUT2D eigenvalue weighted by Crippen LogP contribution is 2.45. The Morgan fingerprint density at radius 1 is 1.53 bits per heavy atom. The van der Waals surface area contributed by atoms with Crippen molar-refractivity contribution in [1.29, 1.82) is 0 Å². The van der Waals surface area contributed by atoms with Crippen LogP contribution in [0.4, 0.5) is 0 Å². The van der Waals surface area contributed by atoms with Gasteiger partial charge in [-0.2, -0.15) is 0 Å². The van der Waals surface area contributed by atoms with Gasteiger partial charge in [0.1, 0.15) is 0 Å². The minimum absolute atomic E-state index is 0.150. The van der Waals surface area contributed by atoms with Crippen LogP contribution in [0.25, 0.3) is 0 Å². The van der Waals surface area contributed by atoms with Gasteiger partial charge >= 0.3 is 5.97 Å². The van der Waals surface area contributed by atoms with E-state index in [1.807, 2.05) is 12.1 Å². The van der Waals surface area contributed by atoms with Gasteiger partial charge in [0.15, 0.2) is 0 Å². The largest absolute Gasteiger partial charge is 0.481 e. The molecular formula is C13H14Cl2O2. The number of hydrogen-bond acceptors (Lipinski definition) is 1. The van der Waals surface area contributed by atoms with Crippen LogP contribution in [-0.2, 0) is 4.79 Å². The number of carbonyl (C=O) groups is 1. The summed E-state index contributed by atoms with van der Waals surface area (Å²) in [4.78, 5) is 10.8. The fourth-order valence-corrected chi connectivity index (χ4v) is 2.89. The van der Waals surface area contributed by atoms with Crippen molar-refractivity contribution >= 4 is 29.2 Å². The molecule has 0 aliphatic heterocycles. The maximum atomic E-state index is 10.8. The second kappa shape index (κ2) is 4.87. The van der Waals surface area contributed by atoms with E-state index in [2.05, 4.69) is 6.92 Å². The molecule has 0 spiro atoms. The summed E-state index contributed by atoms with van der Waals surface area (Å²) in [5.41, 5.74) is 1.05. The number of hydrogen-bond donors (Lipinski definition) is 1.